The summed E-state index contributed by atoms with van der Waals surface area (Å²) in [6.07, 6.45) is 0. The van der Waals surface area contributed by atoms with Crippen molar-refractivity contribution in [3.8, 4) is 0 Å². The zero-order valence-corrected chi connectivity index (χ0v) is 22.7. The van der Waals surface area contributed by atoms with E-state index in [2.05, 4.69) is 4.98 Å². The summed E-state index contributed by atoms with van der Waals surface area (Å²) >= 11 is 0.922. The Hall–Kier alpha value is -5.09. The van der Waals surface area contributed by atoms with Gasteiger partial charge in [-0.1, -0.05) is 72.0 Å². The molecule has 0 fully saturated rings. The number of carbonyl (C=O) groups is 3. The zero-order chi connectivity index (χ0) is 28.5. The van der Waals surface area contributed by atoms with Gasteiger partial charge in [-0.15, -0.1) is 0 Å². The van der Waals surface area contributed by atoms with Crippen molar-refractivity contribution in [2.24, 2.45) is 0 Å². The zero-order valence-electron chi connectivity index (χ0n) is 21.9. The maximum atomic E-state index is 14.9. The van der Waals surface area contributed by atoms with Crippen LogP contribution >= 0.6 is 11.3 Å². The van der Waals surface area contributed by atoms with Crippen LogP contribution in [-0.2, 0) is 21.6 Å². The van der Waals surface area contributed by atoms with Gasteiger partial charge in [0, 0.05) is 5.56 Å². The third kappa shape index (κ3) is 3.31. The highest BCUT2D eigenvalue weighted by atomic mass is 32.1. The summed E-state index contributed by atoms with van der Waals surface area (Å²) in [6.45, 7) is 1.83. The van der Waals surface area contributed by atoms with Gasteiger partial charge in [0.1, 0.15) is 10.5 Å². The van der Waals surface area contributed by atoms with Crippen molar-refractivity contribution < 1.29 is 23.5 Å². The molecule has 2 amide bonds. The fraction of sp³-hybridized carbons (Fsp3) is 0.129. The molecule has 0 radical (unpaired) electrons. The van der Waals surface area contributed by atoms with Gasteiger partial charge < -0.3 is 14.1 Å². The Morgan fingerprint density at radius 3 is 2.46 bits per heavy atom. The van der Waals surface area contributed by atoms with Gasteiger partial charge in [-0.3, -0.25) is 19.3 Å². The van der Waals surface area contributed by atoms with E-state index in [9.17, 15) is 19.2 Å². The van der Waals surface area contributed by atoms with E-state index in [1.165, 1.54) is 12.0 Å². The van der Waals surface area contributed by atoms with Crippen molar-refractivity contribution >= 4 is 50.9 Å². The minimum atomic E-state index is -1.90. The lowest BCUT2D eigenvalue weighted by Gasteiger charge is -2.32. The number of rotatable bonds is 4. The molecule has 2 aliphatic rings. The maximum absolute atomic E-state index is 14.9. The number of fused-ring (bicyclic) bond motifs is 5. The topological polar surface area (TPSA) is 110 Å². The molecule has 0 aliphatic carbocycles. The molecule has 202 valence electrons. The van der Waals surface area contributed by atoms with Crippen LogP contribution in [0.3, 0.4) is 0 Å². The lowest BCUT2D eigenvalue weighted by atomic mass is 9.84. The van der Waals surface area contributed by atoms with Crippen molar-refractivity contribution in [2.45, 2.75) is 19.0 Å². The van der Waals surface area contributed by atoms with E-state index >= 15 is 0 Å². The van der Waals surface area contributed by atoms with E-state index in [-0.39, 0.29) is 38.8 Å². The van der Waals surface area contributed by atoms with Gasteiger partial charge in [0.15, 0.2) is 16.1 Å². The fourth-order valence-corrected chi connectivity index (χ4v) is 6.83. The van der Waals surface area contributed by atoms with Crippen LogP contribution in [0, 0.1) is 6.92 Å². The molecule has 1 unspecified atom stereocenters. The molecule has 10 heteroatoms. The number of benzene rings is 3. The van der Waals surface area contributed by atoms with Gasteiger partial charge in [-0.05, 0) is 30.7 Å². The van der Waals surface area contributed by atoms with E-state index in [1.807, 2.05) is 30.3 Å². The number of nitrogens with zero attached hydrogens (tertiary/aromatic N) is 3. The molecule has 7 rings (SSSR count). The van der Waals surface area contributed by atoms with Gasteiger partial charge >= 0.3 is 5.97 Å². The minimum Gasteiger partial charge on any atom is -0.465 e. The van der Waals surface area contributed by atoms with Gasteiger partial charge in [-0.2, -0.15) is 0 Å². The lowest BCUT2D eigenvalue weighted by Crippen LogP contribution is -2.53. The van der Waals surface area contributed by atoms with Crippen LogP contribution in [0.25, 0.3) is 11.0 Å². The van der Waals surface area contributed by atoms with Crippen molar-refractivity contribution in [1.29, 1.82) is 0 Å². The summed E-state index contributed by atoms with van der Waals surface area (Å²) in [5.41, 5.74) is -0.0192. The number of aromatic nitrogens is 1. The molecule has 1 spiro atoms. The van der Waals surface area contributed by atoms with Crippen LogP contribution in [-0.4, -0.2) is 29.9 Å². The summed E-state index contributed by atoms with van der Waals surface area (Å²) in [7, 11) is 1.26. The number of esters is 1. The highest BCUT2D eigenvalue weighted by Gasteiger charge is 2.66. The molecule has 2 aromatic heterocycles. The molecule has 5 aromatic rings. The number of methoxy groups -OCH3 is 1. The number of hydrogen-bond donors (Lipinski definition) is 0. The number of thiazole rings is 1. The molecule has 1 atom stereocenters. The lowest BCUT2D eigenvalue weighted by molar-refractivity contribution is -0.121. The smallest absolute Gasteiger partial charge is 0.350 e. The van der Waals surface area contributed by atoms with Crippen LogP contribution < -0.4 is 15.2 Å². The van der Waals surface area contributed by atoms with E-state index < -0.39 is 28.8 Å². The highest BCUT2D eigenvalue weighted by Crippen LogP contribution is 2.55. The molecule has 0 N–H and O–H groups in total. The second-order valence-corrected chi connectivity index (χ2v) is 10.8. The number of aryl methyl sites for hydroxylation is 1. The van der Waals surface area contributed by atoms with Crippen LogP contribution in [0.15, 0.2) is 88.1 Å². The number of anilines is 2. The van der Waals surface area contributed by atoms with Gasteiger partial charge in [0.2, 0.25) is 5.76 Å². The van der Waals surface area contributed by atoms with Gasteiger partial charge in [0.05, 0.1) is 36.0 Å². The van der Waals surface area contributed by atoms with Gasteiger partial charge in [-0.25, -0.2) is 9.78 Å². The molecule has 0 saturated heterocycles. The maximum Gasteiger partial charge on any atom is 0.350 e. The standard InChI is InChI=1S/C31H21N3O6S/c1-17-26(28(37)39-2)41-30(32-17)34-27(36)25-23(24(35)19-12-6-9-15-22(19)40-25)31(34)20-13-7-8-14-21(20)33(29(31)38)16-18-10-4-3-5-11-18/h3-15H,16H2,1-2H3. The third-order valence-electron chi connectivity index (χ3n) is 7.56. The average molecular weight is 564 g/mol. The normalized spacial score (nSPS) is 17.4. The number of hydrogen-bond acceptors (Lipinski definition) is 8. The number of ether oxygens (including phenoxy) is 1. The molecule has 9 nitrogen and oxygen atoms in total. The number of para-hydroxylation sites is 2. The summed E-state index contributed by atoms with van der Waals surface area (Å²) in [4.78, 5) is 63.5. The second kappa shape index (κ2) is 8.97. The van der Waals surface area contributed by atoms with Crippen LogP contribution in [0.1, 0.15) is 42.6 Å². The van der Waals surface area contributed by atoms with Crippen molar-refractivity contribution in [2.75, 3.05) is 16.9 Å². The predicted octanol–water partition coefficient (Wildman–Crippen LogP) is 4.80. The van der Waals surface area contributed by atoms with Crippen molar-refractivity contribution in [3.05, 3.63) is 122 Å². The van der Waals surface area contributed by atoms with E-state index in [0.29, 0.717) is 16.9 Å². The first-order chi connectivity index (χ1) is 19.9. The first-order valence-electron chi connectivity index (χ1n) is 12.8. The fourth-order valence-electron chi connectivity index (χ4n) is 5.79. The molecule has 41 heavy (non-hydrogen) atoms. The first kappa shape index (κ1) is 24.9. The Bertz CT molecular complexity index is 1980. The van der Waals surface area contributed by atoms with E-state index in [4.69, 9.17) is 9.15 Å². The predicted molar refractivity (Wildman–Crippen MR) is 152 cm³/mol. The Balaban J connectivity index is 1.56. The van der Waals surface area contributed by atoms with Crippen molar-refractivity contribution in [3.63, 3.8) is 0 Å². The number of amides is 2. The molecule has 4 heterocycles. The Morgan fingerprint density at radius 2 is 1.68 bits per heavy atom. The Morgan fingerprint density at radius 1 is 0.976 bits per heavy atom. The van der Waals surface area contributed by atoms with Gasteiger partial charge in [0.25, 0.3) is 11.8 Å². The SMILES string of the molecule is COC(=O)c1sc(N2C(=O)c3oc4ccccc4c(=O)c3C23C(=O)N(Cc2ccccc2)c2ccccc23)nc1C. The van der Waals surface area contributed by atoms with Crippen molar-refractivity contribution in [1.82, 2.24) is 4.98 Å². The monoisotopic (exact) mass is 563 g/mol. The third-order valence-corrected chi connectivity index (χ3v) is 8.69. The molecule has 0 saturated carbocycles. The van der Waals surface area contributed by atoms with Crippen LogP contribution in [0.4, 0.5) is 10.8 Å². The summed E-state index contributed by atoms with van der Waals surface area (Å²) < 4.78 is 11.0. The highest BCUT2D eigenvalue weighted by molar-refractivity contribution is 7.17. The quantitative estimate of drug-likeness (QED) is 0.289. The summed E-state index contributed by atoms with van der Waals surface area (Å²) in [6, 6.07) is 23.2. The average Bonchev–Trinajstić information content (AvgIpc) is 3.58. The van der Waals surface area contributed by atoms with Crippen LogP contribution in [0.5, 0.6) is 0 Å². The molecular weight excluding hydrogens is 542 g/mol. The Kier molecular flexibility index (Phi) is 5.45. The molecule has 2 aliphatic heterocycles. The largest absolute Gasteiger partial charge is 0.465 e. The molecular formula is C31H21N3O6S. The molecule has 3 aromatic carbocycles. The summed E-state index contributed by atoms with van der Waals surface area (Å²) in [5, 5.41) is 0.324. The van der Waals surface area contributed by atoms with E-state index in [1.54, 1.807) is 60.4 Å². The minimum absolute atomic E-state index is 0.0679. The molecule has 0 bridgehead atoms. The Labute approximate surface area is 237 Å². The van der Waals surface area contributed by atoms with E-state index in [0.717, 1.165) is 16.9 Å². The number of carbonyl (C=O) groups excluding carboxylic acids is 3. The second-order valence-electron chi connectivity index (χ2n) is 9.78. The first-order valence-corrected chi connectivity index (χ1v) is 13.6. The summed E-state index contributed by atoms with van der Waals surface area (Å²) in [5.74, 6) is -2.04. The van der Waals surface area contributed by atoms with Crippen LogP contribution in [0.2, 0.25) is 0 Å².